The van der Waals surface area contributed by atoms with E-state index in [1.807, 2.05) is 54.6 Å². The van der Waals surface area contributed by atoms with Gasteiger partial charge in [-0.05, 0) is 36.5 Å². The monoisotopic (exact) mass is 345 g/mol. The molecule has 1 heterocycles. The van der Waals surface area contributed by atoms with Gasteiger partial charge in [-0.15, -0.1) is 0 Å². The van der Waals surface area contributed by atoms with Crippen molar-refractivity contribution in [2.45, 2.75) is 25.3 Å². The highest BCUT2D eigenvalue weighted by molar-refractivity contribution is 5.86. The van der Waals surface area contributed by atoms with Crippen LogP contribution in [0.5, 0.6) is 0 Å². The summed E-state index contributed by atoms with van der Waals surface area (Å²) in [6, 6.07) is 16.7. The van der Waals surface area contributed by atoms with Crippen LogP contribution in [0.25, 0.3) is 10.9 Å². The third-order valence-corrected chi connectivity index (χ3v) is 4.56. The summed E-state index contributed by atoms with van der Waals surface area (Å²) in [5, 5.41) is 14.8. The fourth-order valence-corrected chi connectivity index (χ4v) is 3.00. The van der Waals surface area contributed by atoms with Crippen LogP contribution in [0.2, 0.25) is 0 Å². The van der Waals surface area contributed by atoms with Gasteiger partial charge in [-0.3, -0.25) is 10.0 Å². The number of amides is 1. The van der Waals surface area contributed by atoms with E-state index in [-0.39, 0.29) is 0 Å². The number of nitrogens with one attached hydrogen (secondary N) is 1. The summed E-state index contributed by atoms with van der Waals surface area (Å²) in [5.74, 6) is 6.43. The quantitative estimate of drug-likeness (QED) is 0.434. The standard InChI is InChI=1S/C21H19N3O2/c25-21(23-26)20(14-16-6-2-1-3-7-16)24-19(13-12-15-10-11-15)17-8-4-5-9-18(17)22-24/h1-9,15,20,26H,10-11,14H2,(H,23,25). The predicted octanol–water partition coefficient (Wildman–Crippen LogP) is 3.09. The minimum absolute atomic E-state index is 0.416. The van der Waals surface area contributed by atoms with E-state index in [4.69, 9.17) is 0 Å². The van der Waals surface area contributed by atoms with E-state index in [9.17, 15) is 10.0 Å². The van der Waals surface area contributed by atoms with Gasteiger partial charge >= 0.3 is 0 Å². The number of benzene rings is 2. The lowest BCUT2D eigenvalue weighted by Gasteiger charge is -2.17. The van der Waals surface area contributed by atoms with Gasteiger partial charge in [0.15, 0.2) is 0 Å². The van der Waals surface area contributed by atoms with Crippen molar-refractivity contribution in [3.63, 3.8) is 0 Å². The maximum absolute atomic E-state index is 12.4. The molecule has 2 aromatic carbocycles. The largest absolute Gasteiger partial charge is 0.289 e. The smallest absolute Gasteiger partial charge is 0.268 e. The number of hydrogen-bond acceptors (Lipinski definition) is 3. The third-order valence-electron chi connectivity index (χ3n) is 4.56. The first-order chi connectivity index (χ1) is 12.8. The number of hydroxylamine groups is 1. The molecule has 0 spiro atoms. The maximum atomic E-state index is 12.4. The van der Waals surface area contributed by atoms with E-state index in [2.05, 4.69) is 16.9 Å². The van der Waals surface area contributed by atoms with Gasteiger partial charge in [0.1, 0.15) is 11.7 Å². The molecule has 0 aliphatic heterocycles. The molecule has 4 rings (SSSR count). The molecule has 0 bridgehead atoms. The number of carbonyl (C=O) groups is 1. The van der Waals surface area contributed by atoms with Crippen LogP contribution in [0.15, 0.2) is 54.6 Å². The van der Waals surface area contributed by atoms with Gasteiger partial charge in [0.25, 0.3) is 5.91 Å². The number of fused-ring (bicyclic) bond motifs is 1. The molecule has 1 aliphatic rings. The SMILES string of the molecule is O=C(NO)C(Cc1ccccc1)n1nc2ccccc2c1C#CC1CC1. The summed E-state index contributed by atoms with van der Waals surface area (Å²) in [6.45, 7) is 0. The molecule has 1 aromatic heterocycles. The van der Waals surface area contributed by atoms with Crippen molar-refractivity contribution in [2.75, 3.05) is 0 Å². The average molecular weight is 345 g/mol. The highest BCUT2D eigenvalue weighted by Crippen LogP contribution is 2.29. The maximum Gasteiger partial charge on any atom is 0.268 e. The molecule has 130 valence electrons. The number of nitrogens with zero attached hydrogens (tertiary/aromatic N) is 2. The molecule has 0 saturated heterocycles. The Morgan fingerprint density at radius 2 is 1.92 bits per heavy atom. The summed E-state index contributed by atoms with van der Waals surface area (Å²) in [4.78, 5) is 12.4. The Hall–Kier alpha value is -3.10. The molecule has 5 nitrogen and oxygen atoms in total. The topological polar surface area (TPSA) is 67.2 Å². The highest BCUT2D eigenvalue weighted by atomic mass is 16.5. The minimum atomic E-state index is -0.682. The average Bonchev–Trinajstić information content (AvgIpc) is 3.44. The summed E-state index contributed by atoms with van der Waals surface area (Å²) in [5.41, 5.74) is 4.28. The van der Waals surface area contributed by atoms with Gasteiger partial charge in [-0.2, -0.15) is 5.10 Å². The lowest BCUT2D eigenvalue weighted by Crippen LogP contribution is -2.33. The summed E-state index contributed by atoms with van der Waals surface area (Å²) in [6.07, 6.45) is 2.67. The van der Waals surface area contributed by atoms with Crippen LogP contribution in [-0.2, 0) is 11.2 Å². The van der Waals surface area contributed by atoms with E-state index in [1.54, 1.807) is 10.2 Å². The second kappa shape index (κ2) is 7.03. The molecule has 26 heavy (non-hydrogen) atoms. The molecule has 3 aromatic rings. The van der Waals surface area contributed by atoms with Crippen LogP contribution < -0.4 is 5.48 Å². The van der Waals surface area contributed by atoms with Crippen molar-refractivity contribution < 1.29 is 10.0 Å². The van der Waals surface area contributed by atoms with Crippen molar-refractivity contribution in [2.24, 2.45) is 5.92 Å². The molecule has 1 unspecified atom stereocenters. The zero-order chi connectivity index (χ0) is 17.9. The molecule has 0 radical (unpaired) electrons. The molecule has 1 aliphatic carbocycles. The number of aromatic nitrogens is 2. The first kappa shape index (κ1) is 16.4. The molecule has 1 atom stereocenters. The molecular weight excluding hydrogens is 326 g/mol. The Morgan fingerprint density at radius 1 is 1.19 bits per heavy atom. The Morgan fingerprint density at radius 3 is 2.65 bits per heavy atom. The van der Waals surface area contributed by atoms with Crippen molar-refractivity contribution in [1.82, 2.24) is 15.3 Å². The summed E-state index contributed by atoms with van der Waals surface area (Å²) in [7, 11) is 0. The molecule has 1 amide bonds. The predicted molar refractivity (Wildman–Crippen MR) is 98.4 cm³/mol. The van der Waals surface area contributed by atoms with Crippen LogP contribution in [0.3, 0.4) is 0 Å². The Bertz CT molecular complexity index is 994. The van der Waals surface area contributed by atoms with Gasteiger partial charge in [0, 0.05) is 17.7 Å². The normalized spacial score (nSPS) is 14.5. The van der Waals surface area contributed by atoms with Crippen LogP contribution in [-0.4, -0.2) is 20.9 Å². The van der Waals surface area contributed by atoms with E-state index >= 15 is 0 Å². The van der Waals surface area contributed by atoms with E-state index in [0.717, 1.165) is 35.0 Å². The Kier molecular flexibility index (Phi) is 4.42. The van der Waals surface area contributed by atoms with Gasteiger partial charge in [-0.25, -0.2) is 10.2 Å². The highest BCUT2D eigenvalue weighted by Gasteiger charge is 2.26. The van der Waals surface area contributed by atoms with Gasteiger partial charge in [0.05, 0.1) is 5.52 Å². The zero-order valence-corrected chi connectivity index (χ0v) is 14.2. The van der Waals surface area contributed by atoms with Gasteiger partial charge in [-0.1, -0.05) is 48.4 Å². The van der Waals surface area contributed by atoms with E-state index in [0.29, 0.717) is 12.3 Å². The Balaban J connectivity index is 1.81. The molecule has 2 N–H and O–H groups in total. The minimum Gasteiger partial charge on any atom is -0.289 e. The van der Waals surface area contributed by atoms with Crippen LogP contribution in [0, 0.1) is 17.8 Å². The van der Waals surface area contributed by atoms with Crippen molar-refractivity contribution in [1.29, 1.82) is 0 Å². The fraction of sp³-hybridized carbons (Fsp3) is 0.238. The van der Waals surface area contributed by atoms with Crippen molar-refractivity contribution >= 4 is 16.8 Å². The first-order valence-corrected chi connectivity index (χ1v) is 8.73. The number of rotatable bonds is 4. The van der Waals surface area contributed by atoms with E-state index < -0.39 is 11.9 Å². The number of carbonyl (C=O) groups excluding carboxylic acids is 1. The van der Waals surface area contributed by atoms with Crippen LogP contribution in [0.1, 0.15) is 30.1 Å². The number of hydrogen-bond donors (Lipinski definition) is 2. The third kappa shape index (κ3) is 3.32. The molecular formula is C21H19N3O2. The van der Waals surface area contributed by atoms with Crippen molar-refractivity contribution in [3.05, 3.63) is 65.9 Å². The van der Waals surface area contributed by atoms with Gasteiger partial charge in [0.2, 0.25) is 0 Å². The summed E-state index contributed by atoms with van der Waals surface area (Å²) >= 11 is 0. The second-order valence-corrected chi connectivity index (χ2v) is 6.54. The molecule has 1 saturated carbocycles. The lowest BCUT2D eigenvalue weighted by molar-refractivity contribution is -0.132. The molecule has 1 fully saturated rings. The Labute approximate surface area is 151 Å². The zero-order valence-electron chi connectivity index (χ0n) is 14.2. The lowest BCUT2D eigenvalue weighted by atomic mass is 10.1. The van der Waals surface area contributed by atoms with Crippen molar-refractivity contribution in [3.8, 4) is 11.8 Å². The second-order valence-electron chi connectivity index (χ2n) is 6.54. The van der Waals surface area contributed by atoms with Gasteiger partial charge < -0.3 is 0 Å². The fourth-order valence-electron chi connectivity index (χ4n) is 3.00. The molecule has 5 heteroatoms. The summed E-state index contributed by atoms with van der Waals surface area (Å²) < 4.78 is 1.65. The van der Waals surface area contributed by atoms with E-state index in [1.165, 1.54) is 0 Å². The van der Waals surface area contributed by atoms with Crippen LogP contribution in [0.4, 0.5) is 0 Å². The first-order valence-electron chi connectivity index (χ1n) is 8.73. The van der Waals surface area contributed by atoms with Crippen LogP contribution >= 0.6 is 0 Å².